The number of carbonyl (C=O) groups is 2. The summed E-state index contributed by atoms with van der Waals surface area (Å²) in [6.45, 7) is 0.856. The second-order valence-corrected chi connectivity index (χ2v) is 8.96. The van der Waals surface area contributed by atoms with E-state index in [0.717, 1.165) is 11.8 Å². The number of ether oxygens (including phenoxy) is 1. The average molecular weight is 384 g/mol. The minimum atomic E-state index is -3.41. The molecular weight excluding hydrogens is 364 g/mol. The van der Waals surface area contributed by atoms with Gasteiger partial charge in [-0.15, -0.1) is 0 Å². The summed E-state index contributed by atoms with van der Waals surface area (Å²) in [5, 5.41) is -0.273. The minimum Gasteiger partial charge on any atom is -0.494 e. The highest BCUT2D eigenvalue weighted by atomic mass is 32.2. The molecule has 3 rings (SSSR count). The molecule has 0 saturated carbocycles. The standard InChI is InChI=1S/C16H20N2O5S2/c19-15-12-24-16(20)18(15)13-7-8-17(11-13)25(21,22)10-4-9-23-14-5-2-1-3-6-14/h1-3,5-6,13H,4,7-12H2. The Bertz CT molecular complexity index is 722. The Morgan fingerprint density at radius 1 is 1.20 bits per heavy atom. The maximum absolute atomic E-state index is 12.4. The molecule has 136 valence electrons. The van der Waals surface area contributed by atoms with Crippen molar-refractivity contribution in [2.45, 2.75) is 18.9 Å². The molecule has 0 bridgehead atoms. The number of amides is 2. The summed E-state index contributed by atoms with van der Waals surface area (Å²) in [4.78, 5) is 24.8. The van der Waals surface area contributed by atoms with E-state index in [2.05, 4.69) is 0 Å². The van der Waals surface area contributed by atoms with Gasteiger partial charge in [0.15, 0.2) is 0 Å². The van der Waals surface area contributed by atoms with Gasteiger partial charge in [-0.25, -0.2) is 8.42 Å². The number of imide groups is 1. The van der Waals surface area contributed by atoms with E-state index in [0.29, 0.717) is 31.7 Å². The maximum Gasteiger partial charge on any atom is 0.289 e. The van der Waals surface area contributed by atoms with Gasteiger partial charge in [0, 0.05) is 13.1 Å². The normalized spacial score (nSPS) is 21.9. The lowest BCUT2D eigenvalue weighted by Gasteiger charge is -2.21. The predicted molar refractivity (Wildman–Crippen MR) is 95.0 cm³/mol. The minimum absolute atomic E-state index is 0.0107. The predicted octanol–water partition coefficient (Wildman–Crippen LogP) is 1.55. The number of sulfonamides is 1. The van der Waals surface area contributed by atoms with E-state index in [-0.39, 0.29) is 35.2 Å². The van der Waals surface area contributed by atoms with Crippen LogP contribution in [0.4, 0.5) is 4.79 Å². The second kappa shape index (κ2) is 7.76. The van der Waals surface area contributed by atoms with Crippen LogP contribution in [0.3, 0.4) is 0 Å². The Kier molecular flexibility index (Phi) is 5.65. The van der Waals surface area contributed by atoms with Crippen molar-refractivity contribution < 1.29 is 22.7 Å². The van der Waals surface area contributed by atoms with Crippen molar-refractivity contribution in [1.29, 1.82) is 0 Å². The topological polar surface area (TPSA) is 84.0 Å². The van der Waals surface area contributed by atoms with E-state index in [1.807, 2.05) is 30.3 Å². The number of thioether (sulfide) groups is 1. The van der Waals surface area contributed by atoms with E-state index in [1.54, 1.807) is 0 Å². The van der Waals surface area contributed by atoms with Crippen molar-refractivity contribution in [3.05, 3.63) is 30.3 Å². The SMILES string of the molecule is O=C1CSC(=O)N1C1CCN(S(=O)(=O)CCCOc2ccccc2)C1. The fraction of sp³-hybridized carbons (Fsp3) is 0.500. The van der Waals surface area contributed by atoms with Crippen molar-refractivity contribution in [3.63, 3.8) is 0 Å². The van der Waals surface area contributed by atoms with E-state index >= 15 is 0 Å². The Balaban J connectivity index is 1.48. The highest BCUT2D eigenvalue weighted by molar-refractivity contribution is 8.14. The Hall–Kier alpha value is -1.58. The molecular formula is C16H20N2O5S2. The quantitative estimate of drug-likeness (QED) is 0.664. The van der Waals surface area contributed by atoms with Crippen molar-refractivity contribution in [2.75, 3.05) is 31.2 Å². The summed E-state index contributed by atoms with van der Waals surface area (Å²) in [6, 6.07) is 8.90. The number of hydrogen-bond donors (Lipinski definition) is 0. The smallest absolute Gasteiger partial charge is 0.289 e. The van der Waals surface area contributed by atoms with Crippen LogP contribution in [0.1, 0.15) is 12.8 Å². The lowest BCUT2D eigenvalue weighted by atomic mass is 10.2. The van der Waals surface area contributed by atoms with Crippen LogP contribution >= 0.6 is 11.8 Å². The first kappa shape index (κ1) is 18.2. The van der Waals surface area contributed by atoms with Gasteiger partial charge in [0.25, 0.3) is 5.24 Å². The van der Waals surface area contributed by atoms with Crippen LogP contribution in [0.5, 0.6) is 5.75 Å². The molecule has 2 aliphatic heterocycles. The molecule has 2 saturated heterocycles. The van der Waals surface area contributed by atoms with Crippen LogP contribution in [-0.4, -0.2) is 66.0 Å². The van der Waals surface area contributed by atoms with E-state index in [9.17, 15) is 18.0 Å². The summed E-state index contributed by atoms with van der Waals surface area (Å²) >= 11 is 0.977. The lowest BCUT2D eigenvalue weighted by molar-refractivity contribution is -0.126. The fourth-order valence-corrected chi connectivity index (χ4v) is 5.27. The van der Waals surface area contributed by atoms with Crippen LogP contribution in [0, 0.1) is 0 Å². The number of nitrogens with zero attached hydrogens (tertiary/aromatic N) is 2. The van der Waals surface area contributed by atoms with Gasteiger partial charge in [-0.1, -0.05) is 30.0 Å². The lowest BCUT2D eigenvalue weighted by Crippen LogP contribution is -2.42. The van der Waals surface area contributed by atoms with Crippen molar-refractivity contribution in [3.8, 4) is 5.75 Å². The first-order valence-corrected chi connectivity index (χ1v) is 10.7. The summed E-state index contributed by atoms with van der Waals surface area (Å²) < 4.78 is 31.8. The van der Waals surface area contributed by atoms with Crippen molar-refractivity contribution >= 4 is 32.9 Å². The number of hydrogen-bond acceptors (Lipinski definition) is 6. The van der Waals surface area contributed by atoms with E-state index in [1.165, 1.54) is 9.21 Å². The zero-order valence-electron chi connectivity index (χ0n) is 13.7. The zero-order chi connectivity index (χ0) is 17.9. The molecule has 1 aromatic rings. The molecule has 2 fully saturated rings. The van der Waals surface area contributed by atoms with Crippen LogP contribution in [0.25, 0.3) is 0 Å². The van der Waals surface area contributed by atoms with Gasteiger partial charge < -0.3 is 4.74 Å². The van der Waals surface area contributed by atoms with Gasteiger partial charge in [0.2, 0.25) is 15.9 Å². The summed E-state index contributed by atoms with van der Waals surface area (Å²) in [5.41, 5.74) is 0. The molecule has 1 unspecified atom stereocenters. The number of rotatable bonds is 7. The Morgan fingerprint density at radius 3 is 2.64 bits per heavy atom. The number of para-hydroxylation sites is 1. The third-order valence-corrected chi connectivity index (χ3v) is 6.99. The molecule has 0 radical (unpaired) electrons. The van der Waals surface area contributed by atoms with Crippen LogP contribution < -0.4 is 4.74 Å². The van der Waals surface area contributed by atoms with Crippen LogP contribution in [0.2, 0.25) is 0 Å². The van der Waals surface area contributed by atoms with Crippen molar-refractivity contribution in [1.82, 2.24) is 9.21 Å². The molecule has 25 heavy (non-hydrogen) atoms. The van der Waals surface area contributed by atoms with Crippen molar-refractivity contribution in [2.24, 2.45) is 0 Å². The monoisotopic (exact) mass is 384 g/mol. The molecule has 1 atom stereocenters. The maximum atomic E-state index is 12.4. The van der Waals surface area contributed by atoms with Gasteiger partial charge in [0.1, 0.15) is 5.75 Å². The molecule has 0 spiro atoms. The van der Waals surface area contributed by atoms with Gasteiger partial charge in [-0.2, -0.15) is 4.31 Å². The zero-order valence-corrected chi connectivity index (χ0v) is 15.3. The highest BCUT2D eigenvalue weighted by Crippen LogP contribution is 2.27. The molecule has 7 nitrogen and oxygen atoms in total. The van der Waals surface area contributed by atoms with Gasteiger partial charge in [-0.3, -0.25) is 14.5 Å². The molecule has 2 aliphatic rings. The highest BCUT2D eigenvalue weighted by Gasteiger charge is 2.41. The third-order valence-electron chi connectivity index (χ3n) is 4.23. The molecule has 0 aliphatic carbocycles. The molecule has 0 N–H and O–H groups in total. The molecule has 0 aromatic heterocycles. The van der Waals surface area contributed by atoms with Gasteiger partial charge in [0.05, 0.1) is 24.2 Å². The third kappa shape index (κ3) is 4.34. The van der Waals surface area contributed by atoms with Gasteiger partial charge in [-0.05, 0) is 25.0 Å². The molecule has 2 amide bonds. The van der Waals surface area contributed by atoms with Crippen LogP contribution in [0.15, 0.2) is 30.3 Å². The summed E-state index contributed by atoms with van der Waals surface area (Å²) in [5.74, 6) is 0.627. The average Bonchev–Trinajstić information content (AvgIpc) is 3.20. The first-order valence-electron chi connectivity index (χ1n) is 8.12. The number of carbonyl (C=O) groups excluding carboxylic acids is 2. The largest absolute Gasteiger partial charge is 0.494 e. The molecule has 9 heteroatoms. The molecule has 1 aromatic carbocycles. The van der Waals surface area contributed by atoms with Crippen LogP contribution in [-0.2, 0) is 14.8 Å². The second-order valence-electron chi connectivity index (χ2n) is 5.95. The number of benzene rings is 1. The summed E-state index contributed by atoms with van der Waals surface area (Å²) in [7, 11) is -3.41. The fourth-order valence-electron chi connectivity index (χ4n) is 2.97. The van der Waals surface area contributed by atoms with E-state index in [4.69, 9.17) is 4.74 Å². The first-order chi connectivity index (χ1) is 12.0. The Morgan fingerprint density at radius 2 is 1.96 bits per heavy atom. The van der Waals surface area contributed by atoms with E-state index < -0.39 is 10.0 Å². The van der Waals surface area contributed by atoms with Gasteiger partial charge >= 0.3 is 0 Å². The summed E-state index contributed by atoms with van der Waals surface area (Å²) in [6.07, 6.45) is 0.883. The Labute approximate surface area is 151 Å². The molecule has 2 heterocycles.